The zero-order chi connectivity index (χ0) is 17.0. The number of methoxy groups -OCH3 is 1. The van der Waals surface area contributed by atoms with Crippen molar-refractivity contribution in [2.75, 3.05) is 26.0 Å². The van der Waals surface area contributed by atoms with Crippen LogP contribution in [-0.2, 0) is 9.59 Å². The van der Waals surface area contributed by atoms with Crippen molar-refractivity contribution in [3.63, 3.8) is 0 Å². The number of likely N-dealkylation sites (N-methyl/N-ethyl adjacent to an activating group) is 1. The topological polar surface area (TPSA) is 71.9 Å². The monoisotopic (exact) mass is 340 g/mol. The zero-order valence-electron chi connectivity index (χ0n) is 13.6. The fourth-order valence-corrected chi connectivity index (χ4v) is 2.33. The second-order valence-electron chi connectivity index (χ2n) is 5.92. The fraction of sp³-hybridized carbons (Fsp3) is 0.500. The van der Waals surface area contributed by atoms with Gasteiger partial charge in [-0.15, -0.1) is 0 Å². The molecule has 0 saturated heterocycles. The van der Waals surface area contributed by atoms with Gasteiger partial charge in [-0.1, -0.05) is 11.6 Å². The summed E-state index contributed by atoms with van der Waals surface area (Å²) in [6.45, 7) is 2.05. The summed E-state index contributed by atoms with van der Waals surface area (Å²) in [5, 5.41) is 6.25. The van der Waals surface area contributed by atoms with Gasteiger partial charge < -0.3 is 20.3 Å². The highest BCUT2D eigenvalue weighted by Crippen LogP contribution is 2.27. The van der Waals surface area contributed by atoms with Crippen LogP contribution in [0.3, 0.4) is 0 Å². The molecule has 2 rings (SSSR count). The molecule has 1 aliphatic rings. The highest BCUT2D eigenvalue weighted by Gasteiger charge is 2.28. The maximum absolute atomic E-state index is 12.4. The van der Waals surface area contributed by atoms with E-state index in [0.717, 1.165) is 17.7 Å². The summed E-state index contributed by atoms with van der Waals surface area (Å²) in [4.78, 5) is 25.0. The van der Waals surface area contributed by atoms with Crippen LogP contribution in [0.15, 0.2) is 18.2 Å². The van der Waals surface area contributed by atoms with E-state index in [-0.39, 0.29) is 24.4 Å². The van der Waals surface area contributed by atoms with Crippen LogP contribution < -0.4 is 20.3 Å². The Kier molecular flexibility index (Phi) is 5.85. The standard InChI is InChI=1S/C16H22ClN3O3/c1-10(20(2)9-15(21)18-12-5-6-12)16(22)19-13-8-11(17)4-7-14(13)23-3/h4,7-8,10,12H,5-6,9H2,1-3H3,(H,18,21)(H,19,22)/p+1/t10-/m1/s1. The summed E-state index contributed by atoms with van der Waals surface area (Å²) in [6.07, 6.45) is 2.10. The molecule has 0 heterocycles. The quantitative estimate of drug-likeness (QED) is 0.675. The third-order valence-corrected chi connectivity index (χ3v) is 4.17. The number of hydrogen-bond acceptors (Lipinski definition) is 3. The molecule has 3 N–H and O–H groups in total. The molecule has 1 aromatic rings. The van der Waals surface area contributed by atoms with Crippen LogP contribution in [0.25, 0.3) is 0 Å². The molecule has 0 aromatic heterocycles. The lowest BCUT2D eigenvalue weighted by Crippen LogP contribution is -3.15. The molecule has 6 nitrogen and oxygen atoms in total. The number of nitrogens with one attached hydrogen (secondary N) is 3. The van der Waals surface area contributed by atoms with Crippen LogP contribution in [-0.4, -0.2) is 44.6 Å². The molecule has 1 aliphatic carbocycles. The van der Waals surface area contributed by atoms with Crippen molar-refractivity contribution in [3.8, 4) is 5.75 Å². The first kappa shape index (κ1) is 17.6. The van der Waals surface area contributed by atoms with Crippen molar-refractivity contribution in [3.05, 3.63) is 23.2 Å². The molecule has 1 aromatic carbocycles. The second kappa shape index (κ2) is 7.66. The van der Waals surface area contributed by atoms with E-state index in [2.05, 4.69) is 10.6 Å². The summed E-state index contributed by atoms with van der Waals surface area (Å²) in [5.41, 5.74) is 0.520. The SMILES string of the molecule is COc1ccc(Cl)cc1NC(=O)[C@@H](C)[NH+](C)CC(=O)NC1CC1. The summed E-state index contributed by atoms with van der Waals surface area (Å²) >= 11 is 5.96. The molecule has 1 fully saturated rings. The zero-order valence-corrected chi connectivity index (χ0v) is 14.4. The van der Waals surface area contributed by atoms with Gasteiger partial charge in [0.2, 0.25) is 0 Å². The van der Waals surface area contributed by atoms with Crippen LogP contribution in [0.1, 0.15) is 19.8 Å². The smallest absolute Gasteiger partial charge is 0.282 e. The number of amides is 2. The second-order valence-corrected chi connectivity index (χ2v) is 6.36. The molecule has 126 valence electrons. The van der Waals surface area contributed by atoms with E-state index in [1.165, 1.54) is 7.11 Å². The first-order valence-corrected chi connectivity index (χ1v) is 8.04. The Hall–Kier alpha value is -1.79. The van der Waals surface area contributed by atoms with Crippen LogP contribution in [0.4, 0.5) is 5.69 Å². The van der Waals surface area contributed by atoms with E-state index in [1.54, 1.807) is 25.1 Å². The summed E-state index contributed by atoms with van der Waals surface area (Å²) < 4.78 is 5.21. The maximum Gasteiger partial charge on any atom is 0.282 e. The lowest BCUT2D eigenvalue weighted by atomic mass is 10.2. The summed E-state index contributed by atoms with van der Waals surface area (Å²) in [7, 11) is 3.36. The molecule has 2 amide bonds. The van der Waals surface area contributed by atoms with E-state index in [4.69, 9.17) is 16.3 Å². The maximum atomic E-state index is 12.4. The van der Waals surface area contributed by atoms with Gasteiger partial charge in [0, 0.05) is 11.1 Å². The lowest BCUT2D eigenvalue weighted by molar-refractivity contribution is -0.885. The number of carbonyl (C=O) groups excluding carboxylic acids is 2. The number of ether oxygens (including phenoxy) is 1. The van der Waals surface area contributed by atoms with Gasteiger partial charge in [0.05, 0.1) is 19.8 Å². The van der Waals surface area contributed by atoms with Crippen molar-refractivity contribution in [2.45, 2.75) is 31.8 Å². The van der Waals surface area contributed by atoms with Crippen LogP contribution in [0, 0.1) is 0 Å². The predicted octanol–water partition coefficient (Wildman–Crippen LogP) is 0.469. The molecular weight excluding hydrogens is 318 g/mol. The van der Waals surface area contributed by atoms with Gasteiger partial charge >= 0.3 is 0 Å². The molecule has 0 aliphatic heterocycles. The Bertz CT molecular complexity index is 590. The van der Waals surface area contributed by atoms with E-state index >= 15 is 0 Å². The van der Waals surface area contributed by atoms with Gasteiger partial charge in [-0.05, 0) is 38.0 Å². The van der Waals surface area contributed by atoms with Gasteiger partial charge in [-0.2, -0.15) is 0 Å². The average molecular weight is 341 g/mol. The molecule has 1 saturated carbocycles. The first-order valence-electron chi connectivity index (χ1n) is 7.66. The van der Waals surface area contributed by atoms with Crippen molar-refractivity contribution < 1.29 is 19.2 Å². The minimum atomic E-state index is -0.386. The predicted molar refractivity (Wildman–Crippen MR) is 89.0 cm³/mol. The van der Waals surface area contributed by atoms with Crippen molar-refractivity contribution in [2.24, 2.45) is 0 Å². The summed E-state index contributed by atoms with van der Waals surface area (Å²) in [5.74, 6) is 0.325. The number of rotatable bonds is 7. The Labute approximate surface area is 141 Å². The van der Waals surface area contributed by atoms with E-state index < -0.39 is 0 Å². The highest BCUT2D eigenvalue weighted by atomic mass is 35.5. The molecule has 1 unspecified atom stereocenters. The fourth-order valence-electron chi connectivity index (χ4n) is 2.16. The van der Waals surface area contributed by atoms with Crippen molar-refractivity contribution >= 4 is 29.1 Å². The van der Waals surface area contributed by atoms with E-state index in [9.17, 15) is 9.59 Å². The van der Waals surface area contributed by atoms with Crippen molar-refractivity contribution in [1.29, 1.82) is 0 Å². The van der Waals surface area contributed by atoms with E-state index in [1.807, 2.05) is 7.05 Å². The molecular formula is C16H23ClN3O3+. The van der Waals surface area contributed by atoms with Crippen LogP contribution >= 0.6 is 11.6 Å². The first-order chi connectivity index (χ1) is 10.9. The van der Waals surface area contributed by atoms with Gasteiger partial charge in [0.1, 0.15) is 5.75 Å². The largest absolute Gasteiger partial charge is 0.495 e. The number of carbonyl (C=O) groups is 2. The third-order valence-electron chi connectivity index (χ3n) is 3.93. The van der Waals surface area contributed by atoms with Gasteiger partial charge in [0.25, 0.3) is 11.8 Å². The molecule has 7 heteroatoms. The number of benzene rings is 1. The van der Waals surface area contributed by atoms with Gasteiger partial charge in [-0.3, -0.25) is 9.59 Å². The van der Waals surface area contributed by atoms with Gasteiger partial charge in [0.15, 0.2) is 12.6 Å². The van der Waals surface area contributed by atoms with E-state index in [0.29, 0.717) is 22.5 Å². The third kappa shape index (κ3) is 5.11. The number of halogens is 1. The molecule has 2 atom stereocenters. The highest BCUT2D eigenvalue weighted by molar-refractivity contribution is 6.31. The molecule has 0 bridgehead atoms. The normalized spacial score (nSPS) is 16.3. The summed E-state index contributed by atoms with van der Waals surface area (Å²) in [6, 6.07) is 4.97. The Balaban J connectivity index is 1.93. The lowest BCUT2D eigenvalue weighted by Gasteiger charge is -2.21. The van der Waals surface area contributed by atoms with Crippen LogP contribution in [0.2, 0.25) is 5.02 Å². The molecule has 23 heavy (non-hydrogen) atoms. The van der Waals surface area contributed by atoms with Crippen molar-refractivity contribution in [1.82, 2.24) is 5.32 Å². The number of quaternary nitrogens is 1. The molecule has 0 spiro atoms. The number of hydrogen-bond donors (Lipinski definition) is 3. The Morgan fingerprint density at radius 2 is 2.13 bits per heavy atom. The van der Waals surface area contributed by atoms with Crippen LogP contribution in [0.5, 0.6) is 5.75 Å². The van der Waals surface area contributed by atoms with Gasteiger partial charge in [-0.25, -0.2) is 0 Å². The minimum Gasteiger partial charge on any atom is -0.495 e. The Morgan fingerprint density at radius 1 is 1.43 bits per heavy atom. The number of anilines is 1. The minimum absolute atomic E-state index is 0.0232. The Morgan fingerprint density at radius 3 is 2.74 bits per heavy atom. The molecule has 0 radical (unpaired) electrons. The average Bonchev–Trinajstić information content (AvgIpc) is 3.30.